The van der Waals surface area contributed by atoms with Gasteiger partial charge in [0.25, 0.3) is 0 Å². The first-order valence-corrected chi connectivity index (χ1v) is 5.61. The lowest BCUT2D eigenvalue weighted by Crippen LogP contribution is -1.79. The van der Waals surface area contributed by atoms with E-state index in [2.05, 4.69) is 18.2 Å². The van der Waals surface area contributed by atoms with E-state index in [4.69, 9.17) is 4.42 Å². The standard InChI is InChI=1S/C12H16O.C2H6/c1-4-6-8-12-11(7-5-2)9-10(3)13-12;1-2/h4-7,9H,8H2,1-3H3;1-2H3/b6-4?,7-5-;. The third-order valence-corrected chi connectivity index (χ3v) is 1.85. The number of hydrogen-bond acceptors (Lipinski definition) is 1. The zero-order valence-corrected chi connectivity index (χ0v) is 10.5. The van der Waals surface area contributed by atoms with Crippen LogP contribution in [0.5, 0.6) is 0 Å². The van der Waals surface area contributed by atoms with Crippen molar-refractivity contribution in [3.05, 3.63) is 41.4 Å². The van der Waals surface area contributed by atoms with Gasteiger partial charge in [0.05, 0.1) is 0 Å². The van der Waals surface area contributed by atoms with Crippen LogP contribution in [0.15, 0.2) is 28.7 Å². The molecular formula is C14H22O. The molecule has 0 amide bonds. The normalized spacial score (nSPS) is 10.7. The molecule has 0 aliphatic heterocycles. The molecule has 0 bridgehead atoms. The molecule has 1 heteroatoms. The van der Waals surface area contributed by atoms with E-state index in [0.29, 0.717) is 0 Å². The lowest BCUT2D eigenvalue weighted by Gasteiger charge is -1.92. The summed E-state index contributed by atoms with van der Waals surface area (Å²) in [7, 11) is 0. The Kier molecular flexibility index (Phi) is 7.43. The van der Waals surface area contributed by atoms with E-state index in [0.717, 1.165) is 17.9 Å². The molecule has 0 radical (unpaired) electrons. The largest absolute Gasteiger partial charge is 0.465 e. The van der Waals surface area contributed by atoms with E-state index in [1.807, 2.05) is 46.8 Å². The van der Waals surface area contributed by atoms with Gasteiger partial charge in [0.15, 0.2) is 0 Å². The number of aryl methyl sites for hydroxylation is 1. The second-order valence-corrected chi connectivity index (χ2v) is 3.01. The summed E-state index contributed by atoms with van der Waals surface area (Å²) in [5.74, 6) is 2.03. The highest BCUT2D eigenvalue weighted by molar-refractivity contribution is 5.52. The zero-order chi connectivity index (χ0) is 11.7. The molecule has 0 aliphatic rings. The molecule has 0 atom stereocenters. The van der Waals surface area contributed by atoms with Crippen molar-refractivity contribution < 1.29 is 4.42 Å². The fraction of sp³-hybridized carbons (Fsp3) is 0.429. The Hall–Kier alpha value is -1.24. The van der Waals surface area contributed by atoms with Crippen LogP contribution < -0.4 is 0 Å². The lowest BCUT2D eigenvalue weighted by molar-refractivity contribution is 0.494. The van der Waals surface area contributed by atoms with Crippen LogP contribution in [0.25, 0.3) is 6.08 Å². The van der Waals surface area contributed by atoms with Gasteiger partial charge >= 0.3 is 0 Å². The van der Waals surface area contributed by atoms with Crippen LogP contribution in [0, 0.1) is 6.92 Å². The molecule has 0 aromatic carbocycles. The Morgan fingerprint density at radius 3 is 2.40 bits per heavy atom. The summed E-state index contributed by atoms with van der Waals surface area (Å²) in [6.07, 6.45) is 9.13. The van der Waals surface area contributed by atoms with Gasteiger partial charge in [-0.2, -0.15) is 0 Å². The molecule has 0 fully saturated rings. The summed E-state index contributed by atoms with van der Waals surface area (Å²) in [5, 5.41) is 0. The summed E-state index contributed by atoms with van der Waals surface area (Å²) in [6.45, 7) is 10.0. The van der Waals surface area contributed by atoms with E-state index in [9.17, 15) is 0 Å². The highest BCUT2D eigenvalue weighted by Gasteiger charge is 2.03. The molecule has 1 nitrogen and oxygen atoms in total. The van der Waals surface area contributed by atoms with Crippen LogP contribution in [-0.2, 0) is 6.42 Å². The average Bonchev–Trinajstić information content (AvgIpc) is 2.60. The van der Waals surface area contributed by atoms with Crippen LogP contribution in [0.3, 0.4) is 0 Å². The highest BCUT2D eigenvalue weighted by Crippen LogP contribution is 2.17. The van der Waals surface area contributed by atoms with Crippen LogP contribution in [-0.4, -0.2) is 0 Å². The minimum Gasteiger partial charge on any atom is -0.465 e. The topological polar surface area (TPSA) is 13.1 Å². The molecular weight excluding hydrogens is 184 g/mol. The minimum absolute atomic E-state index is 0.879. The van der Waals surface area contributed by atoms with Gasteiger partial charge < -0.3 is 4.42 Å². The van der Waals surface area contributed by atoms with Crippen molar-refractivity contribution in [2.45, 2.75) is 41.0 Å². The van der Waals surface area contributed by atoms with Crippen LogP contribution in [0.4, 0.5) is 0 Å². The fourth-order valence-corrected chi connectivity index (χ4v) is 1.29. The molecule has 0 saturated carbocycles. The number of rotatable bonds is 3. The molecule has 0 N–H and O–H groups in total. The molecule has 0 aliphatic carbocycles. The molecule has 0 unspecified atom stereocenters. The number of allylic oxidation sites excluding steroid dienone is 3. The fourth-order valence-electron chi connectivity index (χ4n) is 1.29. The second kappa shape index (κ2) is 8.10. The monoisotopic (exact) mass is 206 g/mol. The minimum atomic E-state index is 0.879. The maximum atomic E-state index is 5.57. The van der Waals surface area contributed by atoms with Gasteiger partial charge in [0.1, 0.15) is 11.5 Å². The molecule has 1 aromatic rings. The maximum Gasteiger partial charge on any atom is 0.115 e. The van der Waals surface area contributed by atoms with Crippen molar-refractivity contribution in [2.24, 2.45) is 0 Å². The average molecular weight is 206 g/mol. The van der Waals surface area contributed by atoms with Crippen molar-refractivity contribution in [3.8, 4) is 0 Å². The highest BCUT2D eigenvalue weighted by atomic mass is 16.3. The smallest absolute Gasteiger partial charge is 0.115 e. The van der Waals surface area contributed by atoms with Gasteiger partial charge in [-0.3, -0.25) is 0 Å². The van der Waals surface area contributed by atoms with Crippen LogP contribution in [0.2, 0.25) is 0 Å². The van der Waals surface area contributed by atoms with Gasteiger partial charge in [0.2, 0.25) is 0 Å². The van der Waals surface area contributed by atoms with Gasteiger partial charge in [-0.1, -0.05) is 38.2 Å². The Labute approximate surface area is 93.5 Å². The molecule has 1 aromatic heterocycles. The Morgan fingerprint density at radius 2 is 1.87 bits per heavy atom. The predicted octanol–water partition coefficient (Wildman–Crippen LogP) is 4.77. The van der Waals surface area contributed by atoms with Gasteiger partial charge in [0, 0.05) is 12.0 Å². The molecule has 84 valence electrons. The van der Waals surface area contributed by atoms with E-state index < -0.39 is 0 Å². The van der Waals surface area contributed by atoms with E-state index in [1.165, 1.54) is 5.56 Å². The summed E-state index contributed by atoms with van der Waals surface area (Å²) in [6, 6.07) is 2.07. The first kappa shape index (κ1) is 13.8. The number of hydrogen-bond donors (Lipinski definition) is 0. The van der Waals surface area contributed by atoms with Crippen LogP contribution >= 0.6 is 0 Å². The summed E-state index contributed by atoms with van der Waals surface area (Å²) < 4.78 is 5.57. The van der Waals surface area contributed by atoms with E-state index in [-0.39, 0.29) is 0 Å². The number of furan rings is 1. The molecule has 0 spiro atoms. The predicted molar refractivity (Wildman–Crippen MR) is 68.0 cm³/mol. The molecule has 1 rings (SSSR count). The Balaban J connectivity index is 0.000000921. The Bertz CT molecular complexity index is 316. The SMILES string of the molecule is CC.CC=CCc1oc(C)cc1/C=C\C. The summed E-state index contributed by atoms with van der Waals surface area (Å²) in [4.78, 5) is 0. The van der Waals surface area contributed by atoms with Crippen molar-refractivity contribution in [1.29, 1.82) is 0 Å². The summed E-state index contributed by atoms with van der Waals surface area (Å²) >= 11 is 0. The molecule has 1 heterocycles. The molecule has 0 saturated heterocycles. The third-order valence-electron chi connectivity index (χ3n) is 1.85. The first-order chi connectivity index (χ1) is 7.27. The van der Waals surface area contributed by atoms with E-state index >= 15 is 0 Å². The quantitative estimate of drug-likeness (QED) is 0.649. The van der Waals surface area contributed by atoms with Crippen molar-refractivity contribution >= 4 is 6.08 Å². The Morgan fingerprint density at radius 1 is 1.20 bits per heavy atom. The second-order valence-electron chi connectivity index (χ2n) is 3.01. The van der Waals surface area contributed by atoms with Gasteiger partial charge in [-0.25, -0.2) is 0 Å². The first-order valence-electron chi connectivity index (χ1n) is 5.61. The van der Waals surface area contributed by atoms with E-state index in [1.54, 1.807) is 0 Å². The van der Waals surface area contributed by atoms with Gasteiger partial charge in [-0.05, 0) is 26.8 Å². The molecule has 15 heavy (non-hydrogen) atoms. The zero-order valence-electron chi connectivity index (χ0n) is 10.5. The summed E-state index contributed by atoms with van der Waals surface area (Å²) in [5.41, 5.74) is 1.19. The van der Waals surface area contributed by atoms with Crippen molar-refractivity contribution in [2.75, 3.05) is 0 Å². The maximum absolute atomic E-state index is 5.57. The van der Waals surface area contributed by atoms with Crippen molar-refractivity contribution in [3.63, 3.8) is 0 Å². The van der Waals surface area contributed by atoms with Gasteiger partial charge in [-0.15, -0.1) is 0 Å². The third kappa shape index (κ3) is 4.68. The van der Waals surface area contributed by atoms with Crippen molar-refractivity contribution in [1.82, 2.24) is 0 Å². The lowest BCUT2D eigenvalue weighted by atomic mass is 10.2. The van der Waals surface area contributed by atoms with Crippen LogP contribution in [0.1, 0.15) is 44.8 Å².